The average Bonchev–Trinajstić information content (AvgIpc) is 2.31. The first-order valence-corrected chi connectivity index (χ1v) is 4.51. The van der Waals surface area contributed by atoms with Gasteiger partial charge < -0.3 is 5.73 Å². The molecule has 1 aromatic heterocycles. The number of nitriles is 1. The second-order valence-electron chi connectivity index (χ2n) is 3.15. The van der Waals surface area contributed by atoms with Crippen LogP contribution in [0.15, 0.2) is 42.7 Å². The van der Waals surface area contributed by atoms with Crippen molar-refractivity contribution in [2.24, 2.45) is 0 Å². The maximum absolute atomic E-state index is 8.80. The number of nitrogens with two attached hydrogens (primary N) is 1. The van der Waals surface area contributed by atoms with Gasteiger partial charge in [-0.1, -0.05) is 0 Å². The largest absolute Gasteiger partial charge is 0.398 e. The summed E-state index contributed by atoms with van der Waals surface area (Å²) < 4.78 is 0. The van der Waals surface area contributed by atoms with Gasteiger partial charge in [0.2, 0.25) is 0 Å². The summed E-state index contributed by atoms with van der Waals surface area (Å²) >= 11 is 0. The Morgan fingerprint density at radius 3 is 2.53 bits per heavy atom. The molecular weight excluding hydrogens is 186 g/mol. The molecule has 0 atom stereocenters. The molecule has 3 heteroatoms. The maximum Gasteiger partial charge on any atom is 0.0991 e. The van der Waals surface area contributed by atoms with Crippen LogP contribution in [0.1, 0.15) is 5.56 Å². The standard InChI is InChI=1S/C12H9N3/c13-8-9-1-2-12(14)11(7-9)10-3-5-15-6-4-10/h1-7H,14H2. The van der Waals surface area contributed by atoms with Gasteiger partial charge >= 0.3 is 0 Å². The molecule has 0 radical (unpaired) electrons. The van der Waals surface area contributed by atoms with Gasteiger partial charge in [-0.05, 0) is 35.9 Å². The summed E-state index contributed by atoms with van der Waals surface area (Å²) in [6.45, 7) is 0. The Morgan fingerprint density at radius 1 is 1.13 bits per heavy atom. The number of nitrogens with zero attached hydrogens (tertiary/aromatic N) is 2. The van der Waals surface area contributed by atoms with E-state index >= 15 is 0 Å². The molecule has 0 unspecified atom stereocenters. The highest BCUT2D eigenvalue weighted by atomic mass is 14.6. The zero-order valence-electron chi connectivity index (χ0n) is 8.01. The zero-order valence-corrected chi connectivity index (χ0v) is 8.01. The van der Waals surface area contributed by atoms with Crippen LogP contribution in [0.2, 0.25) is 0 Å². The van der Waals surface area contributed by atoms with E-state index in [-0.39, 0.29) is 0 Å². The molecule has 1 aromatic carbocycles. The van der Waals surface area contributed by atoms with E-state index in [4.69, 9.17) is 11.0 Å². The van der Waals surface area contributed by atoms with Crippen LogP contribution >= 0.6 is 0 Å². The van der Waals surface area contributed by atoms with Gasteiger partial charge in [0.15, 0.2) is 0 Å². The fourth-order valence-electron chi connectivity index (χ4n) is 1.41. The van der Waals surface area contributed by atoms with E-state index in [9.17, 15) is 0 Å². The van der Waals surface area contributed by atoms with E-state index in [1.807, 2.05) is 12.1 Å². The van der Waals surface area contributed by atoms with Gasteiger partial charge in [-0.2, -0.15) is 5.26 Å². The minimum absolute atomic E-state index is 0.607. The minimum atomic E-state index is 0.607. The highest BCUT2D eigenvalue weighted by Gasteiger charge is 2.03. The normalized spacial score (nSPS) is 9.53. The Kier molecular flexibility index (Phi) is 2.34. The molecule has 0 bridgehead atoms. The van der Waals surface area contributed by atoms with E-state index in [0.29, 0.717) is 11.3 Å². The molecular formula is C12H9N3. The molecule has 0 aliphatic carbocycles. The molecule has 0 aliphatic rings. The highest BCUT2D eigenvalue weighted by molar-refractivity contribution is 5.77. The second-order valence-corrected chi connectivity index (χ2v) is 3.15. The van der Waals surface area contributed by atoms with Gasteiger partial charge in [0.1, 0.15) is 0 Å². The first-order chi connectivity index (χ1) is 7.31. The number of nitrogen functional groups attached to an aromatic ring is 1. The fraction of sp³-hybridized carbons (Fsp3) is 0. The second kappa shape index (κ2) is 3.81. The summed E-state index contributed by atoms with van der Waals surface area (Å²) in [5, 5.41) is 8.80. The molecule has 15 heavy (non-hydrogen) atoms. The molecule has 1 heterocycles. The third kappa shape index (κ3) is 1.79. The Bertz CT molecular complexity index is 512. The van der Waals surface area contributed by atoms with Crippen LogP contribution in [0.3, 0.4) is 0 Å². The lowest BCUT2D eigenvalue weighted by molar-refractivity contribution is 1.33. The molecule has 2 aromatic rings. The van der Waals surface area contributed by atoms with Gasteiger partial charge in [-0.15, -0.1) is 0 Å². The predicted molar refractivity (Wildman–Crippen MR) is 58.8 cm³/mol. The lowest BCUT2D eigenvalue weighted by Crippen LogP contribution is -1.91. The SMILES string of the molecule is N#Cc1ccc(N)c(-c2ccncc2)c1. The van der Waals surface area contributed by atoms with Crippen LogP contribution in [0.5, 0.6) is 0 Å². The van der Waals surface area contributed by atoms with Crippen LogP contribution in [0.25, 0.3) is 11.1 Å². The summed E-state index contributed by atoms with van der Waals surface area (Å²) in [4.78, 5) is 3.94. The topological polar surface area (TPSA) is 62.7 Å². The monoisotopic (exact) mass is 195 g/mol. The molecule has 0 amide bonds. The van der Waals surface area contributed by atoms with Gasteiger partial charge in [-0.25, -0.2) is 0 Å². The van der Waals surface area contributed by atoms with Gasteiger partial charge in [0.05, 0.1) is 11.6 Å². The predicted octanol–water partition coefficient (Wildman–Crippen LogP) is 2.20. The Hall–Kier alpha value is -2.34. The summed E-state index contributed by atoms with van der Waals surface area (Å²) in [6, 6.07) is 11.1. The number of benzene rings is 1. The van der Waals surface area contributed by atoms with Crippen molar-refractivity contribution in [3.8, 4) is 17.2 Å². The first kappa shape index (κ1) is 9.22. The summed E-state index contributed by atoms with van der Waals surface area (Å²) in [5.74, 6) is 0. The van der Waals surface area contributed by atoms with Crippen molar-refractivity contribution in [2.75, 3.05) is 5.73 Å². The lowest BCUT2D eigenvalue weighted by atomic mass is 10.0. The Morgan fingerprint density at radius 2 is 1.87 bits per heavy atom. The quantitative estimate of drug-likeness (QED) is 0.709. The van der Waals surface area contributed by atoms with E-state index in [1.165, 1.54) is 0 Å². The molecule has 72 valence electrons. The summed E-state index contributed by atoms with van der Waals surface area (Å²) in [5.41, 5.74) is 8.96. The third-order valence-electron chi connectivity index (χ3n) is 2.17. The van der Waals surface area contributed by atoms with Crippen molar-refractivity contribution in [2.45, 2.75) is 0 Å². The van der Waals surface area contributed by atoms with Gasteiger partial charge in [-0.3, -0.25) is 4.98 Å². The van der Waals surface area contributed by atoms with Crippen LogP contribution in [-0.2, 0) is 0 Å². The molecule has 0 fully saturated rings. The Labute approximate surface area is 87.8 Å². The summed E-state index contributed by atoms with van der Waals surface area (Å²) in [7, 11) is 0. The van der Waals surface area contributed by atoms with E-state index < -0.39 is 0 Å². The first-order valence-electron chi connectivity index (χ1n) is 4.51. The van der Waals surface area contributed by atoms with Crippen LogP contribution in [0.4, 0.5) is 5.69 Å². The van der Waals surface area contributed by atoms with E-state index in [2.05, 4.69) is 11.1 Å². The molecule has 0 aliphatic heterocycles. The number of hydrogen-bond acceptors (Lipinski definition) is 3. The number of pyridine rings is 1. The zero-order chi connectivity index (χ0) is 10.7. The minimum Gasteiger partial charge on any atom is -0.398 e. The lowest BCUT2D eigenvalue weighted by Gasteiger charge is -2.05. The average molecular weight is 195 g/mol. The van der Waals surface area contributed by atoms with E-state index in [0.717, 1.165) is 11.1 Å². The maximum atomic E-state index is 8.80. The van der Waals surface area contributed by atoms with E-state index in [1.54, 1.807) is 30.6 Å². The number of anilines is 1. The smallest absolute Gasteiger partial charge is 0.0991 e. The third-order valence-corrected chi connectivity index (χ3v) is 2.17. The number of aromatic nitrogens is 1. The molecule has 3 nitrogen and oxygen atoms in total. The van der Waals surface area contributed by atoms with Crippen LogP contribution in [0, 0.1) is 11.3 Å². The van der Waals surface area contributed by atoms with Crippen molar-refractivity contribution < 1.29 is 0 Å². The molecule has 2 rings (SSSR count). The van der Waals surface area contributed by atoms with Crippen molar-refractivity contribution in [1.82, 2.24) is 4.98 Å². The molecule has 0 saturated heterocycles. The number of rotatable bonds is 1. The van der Waals surface area contributed by atoms with Gasteiger partial charge in [0, 0.05) is 23.6 Å². The van der Waals surface area contributed by atoms with Gasteiger partial charge in [0.25, 0.3) is 0 Å². The van der Waals surface area contributed by atoms with Crippen molar-refractivity contribution in [3.05, 3.63) is 48.3 Å². The van der Waals surface area contributed by atoms with Crippen LogP contribution in [-0.4, -0.2) is 4.98 Å². The summed E-state index contributed by atoms with van der Waals surface area (Å²) in [6.07, 6.45) is 3.40. The van der Waals surface area contributed by atoms with Crippen molar-refractivity contribution in [3.63, 3.8) is 0 Å². The number of hydrogen-bond donors (Lipinski definition) is 1. The highest BCUT2D eigenvalue weighted by Crippen LogP contribution is 2.25. The molecule has 0 saturated carbocycles. The van der Waals surface area contributed by atoms with Crippen molar-refractivity contribution in [1.29, 1.82) is 5.26 Å². The molecule has 0 spiro atoms. The van der Waals surface area contributed by atoms with Crippen LogP contribution < -0.4 is 5.73 Å². The fourth-order valence-corrected chi connectivity index (χ4v) is 1.41. The molecule has 2 N–H and O–H groups in total. The Balaban J connectivity index is 2.58. The van der Waals surface area contributed by atoms with Crippen molar-refractivity contribution >= 4 is 5.69 Å².